The zero-order chi connectivity index (χ0) is 19.9. The molecule has 0 radical (unpaired) electrons. The molecule has 0 aliphatic carbocycles. The third-order valence-electron chi connectivity index (χ3n) is 5.34. The molecule has 1 unspecified atom stereocenters. The Hall–Kier alpha value is -2.53. The lowest BCUT2D eigenvalue weighted by Gasteiger charge is -2.30. The van der Waals surface area contributed by atoms with Crippen LogP contribution < -0.4 is 14.8 Å². The van der Waals surface area contributed by atoms with Crippen LogP contribution in [0.1, 0.15) is 42.9 Å². The highest BCUT2D eigenvalue weighted by molar-refractivity contribution is 5.93. The molecule has 1 N–H and O–H groups in total. The summed E-state index contributed by atoms with van der Waals surface area (Å²) in [7, 11) is 3.30. The Morgan fingerprint density at radius 3 is 2.57 bits per heavy atom. The maximum atomic E-state index is 12.8. The maximum Gasteiger partial charge on any atom is 0.238 e. The smallest absolute Gasteiger partial charge is 0.238 e. The van der Waals surface area contributed by atoms with Crippen LogP contribution in [0.15, 0.2) is 42.5 Å². The number of amides is 1. The lowest BCUT2D eigenvalue weighted by atomic mass is 10.0. The number of hydrogen-bond acceptors (Lipinski definition) is 4. The summed E-state index contributed by atoms with van der Waals surface area (Å²) in [4.78, 5) is 15.1. The predicted octanol–water partition coefficient (Wildman–Crippen LogP) is 4.57. The number of likely N-dealkylation sites (tertiary alicyclic amines) is 1. The molecule has 1 fully saturated rings. The number of anilines is 1. The summed E-state index contributed by atoms with van der Waals surface area (Å²) >= 11 is 0. The van der Waals surface area contributed by atoms with Crippen LogP contribution in [0.3, 0.4) is 0 Å². The van der Waals surface area contributed by atoms with Crippen molar-refractivity contribution < 1.29 is 14.3 Å². The number of rotatable bonds is 6. The van der Waals surface area contributed by atoms with Crippen LogP contribution in [0.4, 0.5) is 5.69 Å². The topological polar surface area (TPSA) is 50.8 Å². The largest absolute Gasteiger partial charge is 0.497 e. The van der Waals surface area contributed by atoms with E-state index < -0.39 is 0 Å². The van der Waals surface area contributed by atoms with E-state index in [0.717, 1.165) is 36.4 Å². The van der Waals surface area contributed by atoms with Gasteiger partial charge in [0.1, 0.15) is 11.5 Å². The SMILES string of the molecule is COc1ccc(C2CCCCCN2CC(=O)Nc2cc(C)ccc2OC)cc1. The highest BCUT2D eigenvalue weighted by Crippen LogP contribution is 2.31. The van der Waals surface area contributed by atoms with Gasteiger partial charge in [-0.2, -0.15) is 0 Å². The minimum Gasteiger partial charge on any atom is -0.497 e. The van der Waals surface area contributed by atoms with Crippen LogP contribution in [0.2, 0.25) is 0 Å². The van der Waals surface area contributed by atoms with Crippen molar-refractivity contribution in [3.05, 3.63) is 53.6 Å². The Bertz CT molecular complexity index is 789. The highest BCUT2D eigenvalue weighted by Gasteiger charge is 2.25. The van der Waals surface area contributed by atoms with E-state index in [2.05, 4.69) is 22.3 Å². The zero-order valence-electron chi connectivity index (χ0n) is 17.0. The minimum absolute atomic E-state index is 0.00990. The third-order valence-corrected chi connectivity index (χ3v) is 5.34. The number of benzene rings is 2. The van der Waals surface area contributed by atoms with Crippen LogP contribution in [-0.4, -0.2) is 38.1 Å². The number of nitrogens with zero attached hydrogens (tertiary/aromatic N) is 1. The monoisotopic (exact) mass is 382 g/mol. The van der Waals surface area contributed by atoms with Gasteiger partial charge in [-0.3, -0.25) is 9.69 Å². The summed E-state index contributed by atoms with van der Waals surface area (Å²) in [6.45, 7) is 3.30. The Kier molecular flexibility index (Phi) is 6.93. The van der Waals surface area contributed by atoms with Crippen molar-refractivity contribution in [1.29, 1.82) is 0 Å². The number of nitrogens with one attached hydrogen (secondary N) is 1. The molecular weight excluding hydrogens is 352 g/mol. The second-order valence-electron chi connectivity index (χ2n) is 7.36. The quantitative estimate of drug-likeness (QED) is 0.795. The fourth-order valence-corrected chi connectivity index (χ4v) is 3.85. The van der Waals surface area contributed by atoms with E-state index >= 15 is 0 Å². The van der Waals surface area contributed by atoms with E-state index in [1.165, 1.54) is 18.4 Å². The van der Waals surface area contributed by atoms with Gasteiger partial charge in [-0.05, 0) is 61.7 Å². The average molecular weight is 383 g/mol. The molecule has 0 aromatic heterocycles. The summed E-state index contributed by atoms with van der Waals surface area (Å²) in [6.07, 6.45) is 4.57. The lowest BCUT2D eigenvalue weighted by Crippen LogP contribution is -2.36. The molecule has 5 heteroatoms. The van der Waals surface area contributed by atoms with Crippen molar-refractivity contribution in [3.63, 3.8) is 0 Å². The van der Waals surface area contributed by atoms with E-state index in [1.807, 2.05) is 37.3 Å². The molecule has 1 amide bonds. The Balaban J connectivity index is 1.73. The number of ether oxygens (including phenoxy) is 2. The number of carbonyl (C=O) groups excluding carboxylic acids is 1. The summed E-state index contributed by atoms with van der Waals surface area (Å²) in [5, 5.41) is 3.03. The predicted molar refractivity (Wildman–Crippen MR) is 112 cm³/mol. The average Bonchev–Trinajstić information content (AvgIpc) is 2.93. The minimum atomic E-state index is -0.00990. The number of hydrogen-bond donors (Lipinski definition) is 1. The third kappa shape index (κ3) is 5.04. The highest BCUT2D eigenvalue weighted by atomic mass is 16.5. The van der Waals surface area contributed by atoms with Gasteiger partial charge in [0, 0.05) is 6.04 Å². The molecule has 1 aliphatic heterocycles. The fourth-order valence-electron chi connectivity index (χ4n) is 3.85. The van der Waals surface area contributed by atoms with Crippen molar-refractivity contribution >= 4 is 11.6 Å². The first-order valence-electron chi connectivity index (χ1n) is 9.93. The second kappa shape index (κ2) is 9.60. The van der Waals surface area contributed by atoms with Gasteiger partial charge in [0.15, 0.2) is 0 Å². The van der Waals surface area contributed by atoms with E-state index in [-0.39, 0.29) is 11.9 Å². The van der Waals surface area contributed by atoms with Gasteiger partial charge in [-0.1, -0.05) is 31.0 Å². The molecule has 3 rings (SSSR count). The lowest BCUT2D eigenvalue weighted by molar-refractivity contribution is -0.117. The van der Waals surface area contributed by atoms with Gasteiger partial charge in [0.05, 0.1) is 26.5 Å². The first kappa shape index (κ1) is 20.2. The molecule has 150 valence electrons. The van der Waals surface area contributed by atoms with E-state index in [4.69, 9.17) is 9.47 Å². The Morgan fingerprint density at radius 1 is 1.07 bits per heavy atom. The fraction of sp³-hybridized carbons (Fsp3) is 0.435. The van der Waals surface area contributed by atoms with Crippen LogP contribution in [0, 0.1) is 6.92 Å². The van der Waals surface area contributed by atoms with Crippen LogP contribution in [0.25, 0.3) is 0 Å². The summed E-state index contributed by atoms with van der Waals surface area (Å²) < 4.78 is 10.7. The molecule has 28 heavy (non-hydrogen) atoms. The summed E-state index contributed by atoms with van der Waals surface area (Å²) in [5.74, 6) is 1.53. The Morgan fingerprint density at radius 2 is 1.86 bits per heavy atom. The van der Waals surface area contributed by atoms with Gasteiger partial charge in [0.25, 0.3) is 0 Å². The first-order chi connectivity index (χ1) is 13.6. The van der Waals surface area contributed by atoms with Gasteiger partial charge in [-0.15, -0.1) is 0 Å². The molecule has 0 saturated carbocycles. The molecule has 0 spiro atoms. The first-order valence-corrected chi connectivity index (χ1v) is 9.93. The van der Waals surface area contributed by atoms with E-state index in [0.29, 0.717) is 12.3 Å². The Labute approximate surface area is 167 Å². The van der Waals surface area contributed by atoms with Crippen molar-refractivity contribution in [2.75, 3.05) is 32.6 Å². The zero-order valence-corrected chi connectivity index (χ0v) is 17.0. The van der Waals surface area contributed by atoms with E-state index in [9.17, 15) is 4.79 Å². The van der Waals surface area contributed by atoms with Gasteiger partial charge >= 0.3 is 0 Å². The van der Waals surface area contributed by atoms with Crippen LogP contribution >= 0.6 is 0 Å². The normalized spacial score (nSPS) is 17.6. The van der Waals surface area contributed by atoms with Gasteiger partial charge < -0.3 is 14.8 Å². The standard InChI is InChI=1S/C23H30N2O3/c1-17-8-13-22(28-3)20(15-17)24-23(26)16-25-14-6-4-5-7-21(25)18-9-11-19(27-2)12-10-18/h8-13,15,21H,4-7,14,16H2,1-3H3,(H,24,26). The molecule has 2 aromatic rings. The number of carbonyl (C=O) groups is 1. The van der Waals surface area contributed by atoms with Crippen molar-refractivity contribution in [2.24, 2.45) is 0 Å². The van der Waals surface area contributed by atoms with Gasteiger partial charge in [-0.25, -0.2) is 0 Å². The molecular formula is C23H30N2O3. The van der Waals surface area contributed by atoms with Crippen LogP contribution in [0.5, 0.6) is 11.5 Å². The van der Waals surface area contributed by atoms with Crippen molar-refractivity contribution in [2.45, 2.75) is 38.6 Å². The molecule has 1 aliphatic rings. The maximum absolute atomic E-state index is 12.8. The molecule has 1 heterocycles. The molecule has 0 bridgehead atoms. The molecule has 5 nitrogen and oxygen atoms in total. The summed E-state index contributed by atoms with van der Waals surface area (Å²) in [5.41, 5.74) is 3.05. The summed E-state index contributed by atoms with van der Waals surface area (Å²) in [6, 6.07) is 14.3. The molecule has 1 saturated heterocycles. The molecule has 1 atom stereocenters. The van der Waals surface area contributed by atoms with E-state index in [1.54, 1.807) is 14.2 Å². The van der Waals surface area contributed by atoms with Gasteiger partial charge in [0.2, 0.25) is 5.91 Å². The number of aryl methyl sites for hydroxylation is 1. The second-order valence-corrected chi connectivity index (χ2v) is 7.36. The van der Waals surface area contributed by atoms with Crippen LogP contribution in [-0.2, 0) is 4.79 Å². The van der Waals surface area contributed by atoms with Crippen molar-refractivity contribution in [1.82, 2.24) is 4.90 Å². The molecule has 2 aromatic carbocycles. The van der Waals surface area contributed by atoms with Crippen molar-refractivity contribution in [3.8, 4) is 11.5 Å². The number of methoxy groups -OCH3 is 2.